The van der Waals surface area contributed by atoms with Crippen molar-refractivity contribution >= 4 is 0 Å². The molecular weight excluding hydrogens is 217 g/mol. The fourth-order valence-electron chi connectivity index (χ4n) is 2.49. The molecule has 2 rings (SSSR count). The third kappa shape index (κ3) is 3.79. The van der Waals surface area contributed by atoms with Crippen molar-refractivity contribution in [2.45, 2.75) is 31.8 Å². The number of nitrogens with one attached hydrogen (secondary N) is 1. The number of hydrogen-bond donors (Lipinski definition) is 2. The van der Waals surface area contributed by atoms with E-state index < -0.39 is 6.10 Å². The summed E-state index contributed by atoms with van der Waals surface area (Å²) in [6.07, 6.45) is 3.63. The molecule has 0 saturated carbocycles. The van der Waals surface area contributed by atoms with Gasteiger partial charge in [-0.15, -0.1) is 0 Å². The molecule has 1 aliphatic rings. The van der Waals surface area contributed by atoms with E-state index in [0.717, 1.165) is 32.4 Å². The molecule has 1 heterocycles. The Kier molecular flexibility index (Phi) is 4.51. The van der Waals surface area contributed by atoms with Gasteiger partial charge in [-0.3, -0.25) is 0 Å². The number of benzene rings is 1. The second-order valence-corrected chi connectivity index (χ2v) is 4.85. The van der Waals surface area contributed by atoms with E-state index in [1.165, 1.54) is 18.6 Å². The normalized spacial score (nSPS) is 23.1. The molecule has 3 heteroatoms. The smallest absolute Gasteiger partial charge is 0.123 e. The second kappa shape index (κ2) is 6.12. The molecule has 94 valence electrons. The maximum Gasteiger partial charge on any atom is 0.123 e. The molecule has 1 aromatic rings. The minimum Gasteiger partial charge on any atom is -0.388 e. The maximum absolute atomic E-state index is 13.0. The van der Waals surface area contributed by atoms with Crippen LogP contribution in [0.4, 0.5) is 4.39 Å². The van der Waals surface area contributed by atoms with E-state index in [4.69, 9.17) is 0 Å². The summed E-state index contributed by atoms with van der Waals surface area (Å²) in [5, 5.41) is 13.5. The lowest BCUT2D eigenvalue weighted by molar-refractivity contribution is 0.139. The lowest BCUT2D eigenvalue weighted by atomic mass is 9.91. The van der Waals surface area contributed by atoms with Gasteiger partial charge in [0, 0.05) is 0 Å². The third-order valence-corrected chi connectivity index (χ3v) is 3.49. The van der Waals surface area contributed by atoms with Crippen LogP contribution in [0.5, 0.6) is 0 Å². The molecule has 1 aromatic carbocycles. The van der Waals surface area contributed by atoms with Crippen LogP contribution in [0.3, 0.4) is 0 Å². The van der Waals surface area contributed by atoms with Gasteiger partial charge in [-0.1, -0.05) is 12.1 Å². The Morgan fingerprint density at radius 2 is 2.24 bits per heavy atom. The molecule has 0 aromatic heterocycles. The van der Waals surface area contributed by atoms with E-state index in [9.17, 15) is 9.50 Å². The quantitative estimate of drug-likeness (QED) is 0.847. The van der Waals surface area contributed by atoms with Crippen molar-refractivity contribution in [3.05, 3.63) is 35.6 Å². The van der Waals surface area contributed by atoms with Gasteiger partial charge < -0.3 is 10.4 Å². The Bertz CT molecular complexity index is 348. The van der Waals surface area contributed by atoms with Crippen molar-refractivity contribution in [2.24, 2.45) is 5.92 Å². The fraction of sp³-hybridized carbons (Fsp3) is 0.571. The van der Waals surface area contributed by atoms with E-state index in [1.807, 2.05) is 0 Å². The van der Waals surface area contributed by atoms with Gasteiger partial charge in [-0.25, -0.2) is 4.39 Å². The van der Waals surface area contributed by atoms with Crippen molar-refractivity contribution in [1.82, 2.24) is 5.32 Å². The second-order valence-electron chi connectivity index (χ2n) is 4.85. The molecule has 0 radical (unpaired) electrons. The van der Waals surface area contributed by atoms with E-state index in [-0.39, 0.29) is 5.82 Å². The first kappa shape index (κ1) is 12.5. The Labute approximate surface area is 102 Å². The topological polar surface area (TPSA) is 32.3 Å². The average Bonchev–Trinajstić information content (AvgIpc) is 2.57. The Morgan fingerprint density at radius 1 is 1.35 bits per heavy atom. The summed E-state index contributed by atoms with van der Waals surface area (Å²) in [6, 6.07) is 6.29. The first-order valence-electron chi connectivity index (χ1n) is 6.40. The zero-order valence-electron chi connectivity index (χ0n) is 10.0. The SMILES string of the molecule is OC(CC1CCCNCC1)c1cccc(F)c1. The van der Waals surface area contributed by atoms with Gasteiger partial charge in [0.1, 0.15) is 5.82 Å². The molecule has 0 aliphatic carbocycles. The average molecular weight is 237 g/mol. The van der Waals surface area contributed by atoms with Crippen LogP contribution in [-0.4, -0.2) is 18.2 Å². The molecule has 0 spiro atoms. The van der Waals surface area contributed by atoms with E-state index in [1.54, 1.807) is 12.1 Å². The Hall–Kier alpha value is -0.930. The van der Waals surface area contributed by atoms with Crippen molar-refractivity contribution in [1.29, 1.82) is 0 Å². The fourth-order valence-corrected chi connectivity index (χ4v) is 2.49. The number of aliphatic hydroxyl groups excluding tert-OH is 1. The summed E-state index contributed by atoms with van der Waals surface area (Å²) >= 11 is 0. The molecule has 2 N–H and O–H groups in total. The van der Waals surface area contributed by atoms with Gasteiger partial charge in [-0.05, 0) is 62.4 Å². The lowest BCUT2D eigenvalue weighted by Crippen LogP contribution is -2.14. The molecule has 2 unspecified atom stereocenters. The van der Waals surface area contributed by atoms with Crippen LogP contribution in [0.15, 0.2) is 24.3 Å². The number of hydrogen-bond acceptors (Lipinski definition) is 2. The molecule has 0 bridgehead atoms. The van der Waals surface area contributed by atoms with Crippen LogP contribution in [0.25, 0.3) is 0 Å². The Balaban J connectivity index is 1.93. The predicted octanol–water partition coefficient (Wildman–Crippen LogP) is 2.64. The van der Waals surface area contributed by atoms with Crippen LogP contribution in [0, 0.1) is 11.7 Å². The number of halogens is 1. The highest BCUT2D eigenvalue weighted by molar-refractivity contribution is 5.18. The van der Waals surface area contributed by atoms with Crippen LogP contribution in [0.2, 0.25) is 0 Å². The van der Waals surface area contributed by atoms with E-state index >= 15 is 0 Å². The van der Waals surface area contributed by atoms with Crippen LogP contribution in [-0.2, 0) is 0 Å². The highest BCUT2D eigenvalue weighted by atomic mass is 19.1. The highest BCUT2D eigenvalue weighted by Gasteiger charge is 2.17. The van der Waals surface area contributed by atoms with Crippen molar-refractivity contribution in [3.8, 4) is 0 Å². The lowest BCUT2D eigenvalue weighted by Gasteiger charge is -2.18. The third-order valence-electron chi connectivity index (χ3n) is 3.49. The molecule has 1 saturated heterocycles. The first-order valence-corrected chi connectivity index (χ1v) is 6.40. The predicted molar refractivity (Wildman–Crippen MR) is 66.2 cm³/mol. The summed E-state index contributed by atoms with van der Waals surface area (Å²) in [4.78, 5) is 0. The van der Waals surface area contributed by atoms with E-state index in [0.29, 0.717) is 11.5 Å². The largest absolute Gasteiger partial charge is 0.388 e. The Morgan fingerprint density at radius 3 is 3.06 bits per heavy atom. The standard InChI is InChI=1S/C14H20FNO/c15-13-5-1-4-12(10-13)14(17)9-11-3-2-7-16-8-6-11/h1,4-5,10-11,14,16-17H,2-3,6-9H2. The van der Waals surface area contributed by atoms with Crippen LogP contribution in [0.1, 0.15) is 37.4 Å². The van der Waals surface area contributed by atoms with Gasteiger partial charge >= 0.3 is 0 Å². The molecule has 2 nitrogen and oxygen atoms in total. The van der Waals surface area contributed by atoms with Gasteiger partial charge in [0.15, 0.2) is 0 Å². The van der Waals surface area contributed by atoms with Crippen LogP contribution < -0.4 is 5.32 Å². The van der Waals surface area contributed by atoms with Crippen molar-refractivity contribution in [3.63, 3.8) is 0 Å². The molecule has 0 amide bonds. The maximum atomic E-state index is 13.0. The number of aliphatic hydroxyl groups is 1. The van der Waals surface area contributed by atoms with Gasteiger partial charge in [-0.2, -0.15) is 0 Å². The molecular formula is C14H20FNO. The zero-order chi connectivity index (χ0) is 12.1. The molecule has 1 fully saturated rings. The van der Waals surface area contributed by atoms with Crippen molar-refractivity contribution in [2.75, 3.05) is 13.1 Å². The molecule has 1 aliphatic heterocycles. The summed E-state index contributed by atoms with van der Waals surface area (Å²) in [6.45, 7) is 2.10. The van der Waals surface area contributed by atoms with Crippen LogP contribution >= 0.6 is 0 Å². The first-order chi connectivity index (χ1) is 8.25. The highest BCUT2D eigenvalue weighted by Crippen LogP contribution is 2.27. The van der Waals surface area contributed by atoms with Gasteiger partial charge in [0.05, 0.1) is 6.10 Å². The summed E-state index contributed by atoms with van der Waals surface area (Å²) < 4.78 is 13.0. The minimum absolute atomic E-state index is 0.274. The number of rotatable bonds is 3. The van der Waals surface area contributed by atoms with Gasteiger partial charge in [0.2, 0.25) is 0 Å². The summed E-state index contributed by atoms with van der Waals surface area (Å²) in [5.41, 5.74) is 0.696. The molecule has 17 heavy (non-hydrogen) atoms. The summed E-state index contributed by atoms with van der Waals surface area (Å²) in [7, 11) is 0. The van der Waals surface area contributed by atoms with Crippen molar-refractivity contribution < 1.29 is 9.50 Å². The zero-order valence-corrected chi connectivity index (χ0v) is 10.0. The minimum atomic E-state index is -0.534. The van der Waals surface area contributed by atoms with Gasteiger partial charge in [0.25, 0.3) is 0 Å². The van der Waals surface area contributed by atoms with E-state index in [2.05, 4.69) is 5.32 Å². The summed E-state index contributed by atoms with van der Waals surface area (Å²) in [5.74, 6) is 0.271. The monoisotopic (exact) mass is 237 g/mol. The molecule has 2 atom stereocenters.